The number of nitrogens with zero attached hydrogens (tertiary/aromatic N) is 3. The fraction of sp³-hybridized carbons (Fsp3) is 0.357. The topological polar surface area (TPSA) is 110 Å². The molecule has 114 valence electrons. The fourth-order valence-corrected chi connectivity index (χ4v) is 2.26. The predicted octanol–water partition coefficient (Wildman–Crippen LogP) is 0.388. The third-order valence-electron chi connectivity index (χ3n) is 3.42. The van der Waals surface area contributed by atoms with Crippen molar-refractivity contribution in [1.29, 1.82) is 0 Å². The lowest BCUT2D eigenvalue weighted by Gasteiger charge is -2.18. The van der Waals surface area contributed by atoms with Crippen LogP contribution in [0.5, 0.6) is 0 Å². The zero-order valence-corrected chi connectivity index (χ0v) is 11.8. The van der Waals surface area contributed by atoms with Crippen molar-refractivity contribution in [3.8, 4) is 0 Å². The van der Waals surface area contributed by atoms with Gasteiger partial charge in [0, 0.05) is 31.3 Å². The van der Waals surface area contributed by atoms with E-state index in [0.29, 0.717) is 30.2 Å². The number of carbonyl (C=O) groups is 2. The van der Waals surface area contributed by atoms with Gasteiger partial charge in [-0.3, -0.25) is 14.6 Å². The van der Waals surface area contributed by atoms with Crippen LogP contribution >= 0.6 is 0 Å². The number of amides is 2. The molecule has 1 fully saturated rings. The Kier molecular flexibility index (Phi) is 4.08. The van der Waals surface area contributed by atoms with Crippen LogP contribution in [0.1, 0.15) is 40.8 Å². The van der Waals surface area contributed by atoms with E-state index < -0.39 is 0 Å². The summed E-state index contributed by atoms with van der Waals surface area (Å²) in [4.78, 5) is 31.4. The highest BCUT2D eigenvalue weighted by Gasteiger charge is 2.25. The number of pyridine rings is 1. The molecule has 0 aromatic carbocycles. The molecular formula is C14H15N5O3. The standard InChI is InChI=1S/C14H15N5O3/c20-11-6-9(3-5-16-11)13-18-12(22-19-13)8-17-14(21)10-2-1-4-15-7-10/h1-2,4,7,9H,3,5-6,8H2,(H,16,20)(H,17,21). The van der Waals surface area contributed by atoms with Crippen molar-refractivity contribution < 1.29 is 14.1 Å². The van der Waals surface area contributed by atoms with Crippen LogP contribution in [-0.4, -0.2) is 33.5 Å². The maximum Gasteiger partial charge on any atom is 0.253 e. The van der Waals surface area contributed by atoms with Crippen LogP contribution in [0.3, 0.4) is 0 Å². The van der Waals surface area contributed by atoms with E-state index in [9.17, 15) is 9.59 Å². The second-order valence-corrected chi connectivity index (χ2v) is 5.01. The van der Waals surface area contributed by atoms with Gasteiger partial charge in [0.25, 0.3) is 5.91 Å². The molecule has 22 heavy (non-hydrogen) atoms. The maximum absolute atomic E-state index is 11.9. The highest BCUT2D eigenvalue weighted by Crippen LogP contribution is 2.22. The van der Waals surface area contributed by atoms with Gasteiger partial charge in [0.15, 0.2) is 5.82 Å². The molecule has 1 saturated heterocycles. The Labute approximate surface area is 126 Å². The molecule has 2 amide bonds. The van der Waals surface area contributed by atoms with Gasteiger partial charge in [-0.1, -0.05) is 5.16 Å². The van der Waals surface area contributed by atoms with E-state index in [1.165, 1.54) is 6.20 Å². The summed E-state index contributed by atoms with van der Waals surface area (Å²) in [5, 5.41) is 9.34. The highest BCUT2D eigenvalue weighted by atomic mass is 16.5. The van der Waals surface area contributed by atoms with Crippen LogP contribution in [-0.2, 0) is 11.3 Å². The van der Waals surface area contributed by atoms with E-state index >= 15 is 0 Å². The molecule has 1 atom stereocenters. The van der Waals surface area contributed by atoms with Crippen molar-refractivity contribution in [3.63, 3.8) is 0 Å². The number of piperidine rings is 1. The summed E-state index contributed by atoms with van der Waals surface area (Å²) in [5.74, 6) is 0.538. The van der Waals surface area contributed by atoms with Gasteiger partial charge in [-0.15, -0.1) is 0 Å². The maximum atomic E-state index is 11.9. The molecule has 1 aliphatic rings. The van der Waals surface area contributed by atoms with Crippen molar-refractivity contribution in [2.45, 2.75) is 25.3 Å². The normalized spacial score (nSPS) is 17.8. The lowest BCUT2D eigenvalue weighted by Crippen LogP contribution is -2.32. The molecule has 0 spiro atoms. The number of hydrogen-bond donors (Lipinski definition) is 2. The van der Waals surface area contributed by atoms with Crippen molar-refractivity contribution in [2.24, 2.45) is 0 Å². The van der Waals surface area contributed by atoms with E-state index in [-0.39, 0.29) is 24.3 Å². The third kappa shape index (κ3) is 3.27. The quantitative estimate of drug-likeness (QED) is 0.845. The van der Waals surface area contributed by atoms with E-state index in [1.54, 1.807) is 18.3 Å². The number of rotatable bonds is 4. The lowest BCUT2D eigenvalue weighted by atomic mass is 9.97. The Balaban J connectivity index is 1.58. The van der Waals surface area contributed by atoms with Crippen LogP contribution < -0.4 is 10.6 Å². The van der Waals surface area contributed by atoms with Crippen molar-refractivity contribution >= 4 is 11.8 Å². The zero-order chi connectivity index (χ0) is 15.4. The molecule has 1 aliphatic heterocycles. The van der Waals surface area contributed by atoms with Crippen LogP contribution in [0, 0.1) is 0 Å². The molecular weight excluding hydrogens is 286 g/mol. The third-order valence-corrected chi connectivity index (χ3v) is 3.42. The van der Waals surface area contributed by atoms with Gasteiger partial charge in [-0.2, -0.15) is 4.98 Å². The lowest BCUT2D eigenvalue weighted by molar-refractivity contribution is -0.122. The van der Waals surface area contributed by atoms with Gasteiger partial charge in [-0.05, 0) is 18.6 Å². The summed E-state index contributed by atoms with van der Waals surface area (Å²) in [6, 6.07) is 3.36. The summed E-state index contributed by atoms with van der Waals surface area (Å²) in [5.41, 5.74) is 0.464. The minimum Gasteiger partial charge on any atom is -0.356 e. The monoisotopic (exact) mass is 301 g/mol. The van der Waals surface area contributed by atoms with E-state index in [1.807, 2.05) is 0 Å². The van der Waals surface area contributed by atoms with Crippen LogP contribution in [0.4, 0.5) is 0 Å². The molecule has 0 radical (unpaired) electrons. The average molecular weight is 301 g/mol. The van der Waals surface area contributed by atoms with E-state index in [0.717, 1.165) is 6.42 Å². The average Bonchev–Trinajstić information content (AvgIpc) is 3.02. The summed E-state index contributed by atoms with van der Waals surface area (Å²) >= 11 is 0. The summed E-state index contributed by atoms with van der Waals surface area (Å²) in [6.45, 7) is 0.755. The summed E-state index contributed by atoms with van der Waals surface area (Å²) in [7, 11) is 0. The number of aromatic nitrogens is 3. The first kappa shape index (κ1) is 14.2. The Morgan fingerprint density at radius 3 is 3.18 bits per heavy atom. The van der Waals surface area contributed by atoms with E-state index in [4.69, 9.17) is 4.52 Å². The largest absolute Gasteiger partial charge is 0.356 e. The first-order valence-electron chi connectivity index (χ1n) is 7.00. The van der Waals surface area contributed by atoms with Gasteiger partial charge < -0.3 is 15.2 Å². The first-order valence-corrected chi connectivity index (χ1v) is 7.00. The minimum atomic E-state index is -0.259. The van der Waals surface area contributed by atoms with Crippen LogP contribution in [0.2, 0.25) is 0 Å². The number of nitrogens with one attached hydrogen (secondary N) is 2. The molecule has 2 aromatic heterocycles. The molecule has 3 heterocycles. The molecule has 3 rings (SSSR count). The second kappa shape index (κ2) is 6.33. The molecule has 8 heteroatoms. The second-order valence-electron chi connectivity index (χ2n) is 5.01. The Bertz CT molecular complexity index is 670. The molecule has 8 nitrogen and oxygen atoms in total. The van der Waals surface area contributed by atoms with Gasteiger partial charge in [0.2, 0.25) is 11.8 Å². The molecule has 1 unspecified atom stereocenters. The molecule has 2 aromatic rings. The van der Waals surface area contributed by atoms with Crippen molar-refractivity contribution in [1.82, 2.24) is 25.8 Å². The predicted molar refractivity (Wildman–Crippen MR) is 74.7 cm³/mol. The van der Waals surface area contributed by atoms with Crippen LogP contribution in [0.25, 0.3) is 0 Å². The molecule has 0 bridgehead atoms. The molecule has 2 N–H and O–H groups in total. The van der Waals surface area contributed by atoms with Gasteiger partial charge in [-0.25, -0.2) is 0 Å². The van der Waals surface area contributed by atoms with Gasteiger partial charge in [0.05, 0.1) is 12.1 Å². The molecule has 0 saturated carbocycles. The minimum absolute atomic E-state index is 0.00696. The van der Waals surface area contributed by atoms with Gasteiger partial charge in [0.1, 0.15) is 0 Å². The fourth-order valence-electron chi connectivity index (χ4n) is 2.26. The molecule has 0 aliphatic carbocycles. The first-order chi connectivity index (χ1) is 10.7. The Hall–Kier alpha value is -2.77. The SMILES string of the molecule is O=C1CC(c2noc(CNC(=O)c3cccnc3)n2)CCN1. The Morgan fingerprint density at radius 2 is 2.41 bits per heavy atom. The summed E-state index contributed by atoms with van der Waals surface area (Å²) in [6.07, 6.45) is 4.23. The highest BCUT2D eigenvalue weighted by molar-refractivity contribution is 5.93. The van der Waals surface area contributed by atoms with E-state index in [2.05, 4.69) is 25.8 Å². The number of carbonyl (C=O) groups excluding carboxylic acids is 2. The zero-order valence-electron chi connectivity index (χ0n) is 11.8. The number of hydrogen-bond acceptors (Lipinski definition) is 6. The van der Waals surface area contributed by atoms with Crippen molar-refractivity contribution in [3.05, 3.63) is 41.8 Å². The Morgan fingerprint density at radius 1 is 1.50 bits per heavy atom. The summed E-state index contributed by atoms with van der Waals surface area (Å²) < 4.78 is 5.12. The smallest absolute Gasteiger partial charge is 0.253 e. The van der Waals surface area contributed by atoms with Crippen molar-refractivity contribution in [2.75, 3.05) is 6.54 Å². The van der Waals surface area contributed by atoms with Crippen LogP contribution in [0.15, 0.2) is 29.0 Å². The van der Waals surface area contributed by atoms with Gasteiger partial charge >= 0.3 is 0 Å².